The van der Waals surface area contributed by atoms with E-state index in [-0.39, 0.29) is 0 Å². The number of hydrogen-bond donors (Lipinski definition) is 0. The summed E-state index contributed by atoms with van der Waals surface area (Å²) in [5.41, 5.74) is -7.35. The van der Waals surface area contributed by atoms with Gasteiger partial charge in [0.2, 0.25) is 0 Å². The van der Waals surface area contributed by atoms with E-state index in [0.717, 1.165) is 0 Å². The van der Waals surface area contributed by atoms with Gasteiger partial charge in [-0.05, 0) is 0 Å². The number of allylic oxidation sites excluding steroid dienone is 1. The van der Waals surface area contributed by atoms with Crippen molar-refractivity contribution in [1.29, 1.82) is 0 Å². The number of rotatable bonds is 3. The number of hydrogen-bond acceptors (Lipinski definition) is 1. The third-order valence-corrected chi connectivity index (χ3v) is 1.75. The molecule has 13 heteroatoms. The normalized spacial score (nSPS) is 15.2. The largest absolute Gasteiger partial charge is 0.451 e. The summed E-state index contributed by atoms with van der Waals surface area (Å²) in [5.74, 6) is -3.13. The van der Waals surface area contributed by atoms with Crippen LogP contribution in [0.4, 0.5) is 52.7 Å². The highest BCUT2D eigenvalue weighted by Crippen LogP contribution is 2.55. The van der Waals surface area contributed by atoms with Gasteiger partial charge in [-0.3, -0.25) is 0 Å². The highest BCUT2D eigenvalue weighted by molar-refractivity contribution is 5.05. The van der Waals surface area contributed by atoms with Crippen LogP contribution in [0.1, 0.15) is 0 Å². The predicted octanol–water partition coefficient (Wildman–Crippen LogP) is 4.50. The van der Waals surface area contributed by atoms with Crippen LogP contribution in [0.2, 0.25) is 0 Å². The molecule has 0 aliphatic rings. The summed E-state index contributed by atoms with van der Waals surface area (Å²) < 4.78 is 147. The summed E-state index contributed by atoms with van der Waals surface area (Å²) in [6.45, 7) is 1.66. The van der Waals surface area contributed by atoms with Crippen LogP contribution in [0, 0.1) is 0 Å². The van der Waals surface area contributed by atoms with Gasteiger partial charge in [-0.1, -0.05) is 6.58 Å². The van der Waals surface area contributed by atoms with Gasteiger partial charge in [-0.2, -0.15) is 48.3 Å². The maximum Gasteiger partial charge on any atom is 0.451 e. The molecule has 0 spiro atoms. The Labute approximate surface area is 101 Å². The van der Waals surface area contributed by atoms with Crippen LogP contribution in [-0.4, -0.2) is 30.3 Å². The van der Waals surface area contributed by atoms with E-state index < -0.39 is 36.1 Å². The summed E-state index contributed by atoms with van der Waals surface area (Å²) in [5, 5.41) is 0. The molecule has 0 amide bonds. The van der Waals surface area contributed by atoms with Crippen molar-refractivity contribution in [3.8, 4) is 0 Å². The Morgan fingerprint density at radius 2 is 0.950 bits per heavy atom. The van der Waals surface area contributed by atoms with Crippen molar-refractivity contribution in [3.05, 3.63) is 12.3 Å². The van der Waals surface area contributed by atoms with Gasteiger partial charge in [0.1, 0.15) is 0 Å². The van der Waals surface area contributed by atoms with E-state index in [1.807, 2.05) is 0 Å². The Morgan fingerprint density at radius 1 is 0.650 bits per heavy atom. The van der Waals surface area contributed by atoms with Crippen molar-refractivity contribution in [2.75, 3.05) is 0 Å². The van der Waals surface area contributed by atoms with Crippen molar-refractivity contribution in [2.45, 2.75) is 30.3 Å². The average molecular weight is 330 g/mol. The third kappa shape index (κ3) is 3.06. The van der Waals surface area contributed by atoms with Crippen LogP contribution < -0.4 is 0 Å². The molecule has 0 unspecified atom stereocenters. The van der Waals surface area contributed by atoms with E-state index in [1.54, 1.807) is 6.58 Å². The third-order valence-electron chi connectivity index (χ3n) is 1.75. The molecule has 0 heterocycles. The molecule has 0 aromatic rings. The lowest BCUT2D eigenvalue weighted by atomic mass is 10.0. The van der Waals surface area contributed by atoms with Gasteiger partial charge >= 0.3 is 30.3 Å². The van der Waals surface area contributed by atoms with E-state index in [9.17, 15) is 52.7 Å². The molecule has 0 aromatic heterocycles. The van der Waals surface area contributed by atoms with Gasteiger partial charge < -0.3 is 4.74 Å². The minimum Gasteiger partial charge on any atom is -0.425 e. The van der Waals surface area contributed by atoms with Gasteiger partial charge in [0.05, 0.1) is 0 Å². The van der Waals surface area contributed by atoms with E-state index >= 15 is 0 Å². The topological polar surface area (TPSA) is 9.23 Å². The molecule has 0 saturated heterocycles. The van der Waals surface area contributed by atoms with Crippen molar-refractivity contribution in [2.24, 2.45) is 0 Å². The lowest BCUT2D eigenvalue weighted by Gasteiger charge is -2.35. The Balaban J connectivity index is 5.79. The van der Waals surface area contributed by atoms with Crippen LogP contribution in [0.25, 0.3) is 0 Å². The highest BCUT2D eigenvalue weighted by Gasteiger charge is 2.86. The van der Waals surface area contributed by atoms with Gasteiger partial charge in [-0.15, -0.1) is 0 Å². The monoisotopic (exact) mass is 330 g/mol. The van der Waals surface area contributed by atoms with Crippen LogP contribution >= 0.6 is 0 Å². The molecule has 0 rings (SSSR count). The zero-order valence-electron chi connectivity index (χ0n) is 8.65. The Morgan fingerprint density at radius 3 is 1.15 bits per heavy atom. The molecule has 0 bridgehead atoms. The quantitative estimate of drug-likeness (QED) is 0.547. The van der Waals surface area contributed by atoms with E-state index in [4.69, 9.17) is 0 Å². The molecule has 0 N–H and O–H groups in total. The van der Waals surface area contributed by atoms with Crippen molar-refractivity contribution in [3.63, 3.8) is 0 Å². The number of ether oxygens (including phenoxy) is 1. The Kier molecular flexibility index (Phi) is 4.32. The molecule has 0 aliphatic carbocycles. The summed E-state index contributed by atoms with van der Waals surface area (Å²) in [6, 6.07) is 0. The number of halogens is 12. The van der Waals surface area contributed by atoms with Crippen molar-refractivity contribution < 1.29 is 57.4 Å². The molecule has 0 fully saturated rings. The lowest BCUT2D eigenvalue weighted by molar-refractivity contribution is -0.446. The SMILES string of the molecule is C=C(OC(F)(F)C(F)(C(F)(F)F)C(F)(F)F)C(F)(F)F. The molecule has 0 atom stereocenters. The van der Waals surface area contributed by atoms with Crippen LogP contribution in [0.5, 0.6) is 0 Å². The molecule has 0 saturated carbocycles. The molecule has 0 aliphatic heterocycles. The fraction of sp³-hybridized carbons (Fsp3) is 0.714. The first-order valence-corrected chi connectivity index (χ1v) is 4.03. The molecular weight excluding hydrogens is 328 g/mol. The van der Waals surface area contributed by atoms with E-state index in [2.05, 4.69) is 4.74 Å². The van der Waals surface area contributed by atoms with Crippen molar-refractivity contribution >= 4 is 0 Å². The van der Waals surface area contributed by atoms with E-state index in [0.29, 0.717) is 0 Å². The molecule has 120 valence electrons. The first-order valence-electron chi connectivity index (χ1n) is 4.03. The van der Waals surface area contributed by atoms with Gasteiger partial charge in [0.25, 0.3) is 0 Å². The van der Waals surface area contributed by atoms with Gasteiger partial charge in [0, 0.05) is 0 Å². The molecular formula is C7H2F12O. The Bertz CT molecular complexity index is 357. The molecule has 1 nitrogen and oxygen atoms in total. The van der Waals surface area contributed by atoms with Gasteiger partial charge in [0.15, 0.2) is 5.76 Å². The first-order chi connectivity index (χ1) is 8.38. The fourth-order valence-electron chi connectivity index (χ4n) is 0.774. The summed E-state index contributed by atoms with van der Waals surface area (Å²) in [7, 11) is 0. The molecule has 0 radical (unpaired) electrons. The summed E-state index contributed by atoms with van der Waals surface area (Å²) in [6.07, 6.45) is -27.4. The highest BCUT2D eigenvalue weighted by atomic mass is 19.4. The van der Waals surface area contributed by atoms with E-state index in [1.165, 1.54) is 0 Å². The zero-order chi connectivity index (χ0) is 16.8. The molecule has 0 aromatic carbocycles. The standard InChI is InChI=1S/C7H2F12O/c1-2(3(8,9)10)20-7(18,19)4(11,5(12,13)14)6(15,16)17/h1H2. The fourth-order valence-corrected chi connectivity index (χ4v) is 0.774. The minimum absolute atomic E-state index is 1.66. The predicted molar refractivity (Wildman–Crippen MR) is 37.2 cm³/mol. The van der Waals surface area contributed by atoms with Crippen LogP contribution in [0.3, 0.4) is 0 Å². The second-order valence-electron chi connectivity index (χ2n) is 3.19. The first kappa shape index (κ1) is 18.7. The van der Waals surface area contributed by atoms with Crippen molar-refractivity contribution in [1.82, 2.24) is 0 Å². The lowest BCUT2D eigenvalue weighted by Crippen LogP contribution is -2.65. The smallest absolute Gasteiger partial charge is 0.425 e. The minimum atomic E-state index is -7.35. The van der Waals surface area contributed by atoms with Gasteiger partial charge in [-0.25, -0.2) is 4.39 Å². The summed E-state index contributed by atoms with van der Waals surface area (Å²) in [4.78, 5) is 0. The Hall–Kier alpha value is -1.30. The van der Waals surface area contributed by atoms with Crippen LogP contribution in [0.15, 0.2) is 12.3 Å². The second-order valence-corrected chi connectivity index (χ2v) is 3.19. The maximum absolute atomic E-state index is 12.8. The maximum atomic E-state index is 12.8. The molecule has 20 heavy (non-hydrogen) atoms. The van der Waals surface area contributed by atoms with Crippen LogP contribution in [-0.2, 0) is 4.74 Å². The average Bonchev–Trinajstić information content (AvgIpc) is 2.10. The zero-order valence-corrected chi connectivity index (χ0v) is 8.65. The summed E-state index contributed by atoms with van der Waals surface area (Å²) >= 11 is 0. The second kappa shape index (κ2) is 4.62. The number of alkyl halides is 12.